The Morgan fingerprint density at radius 1 is 1.29 bits per heavy atom. The first-order valence-electron chi connectivity index (χ1n) is 5.63. The molecule has 0 bridgehead atoms. The minimum atomic E-state index is -3.46. The van der Waals surface area contributed by atoms with Crippen LogP contribution >= 0.6 is 22.4 Å². The maximum absolute atomic E-state index is 11.1. The lowest BCUT2D eigenvalue weighted by molar-refractivity contribution is 0.608. The van der Waals surface area contributed by atoms with Gasteiger partial charge in [0, 0.05) is 10.7 Å². The maximum atomic E-state index is 11.1. The van der Waals surface area contributed by atoms with Gasteiger partial charge >= 0.3 is 0 Å². The topological polar surface area (TPSA) is 34.1 Å². The van der Waals surface area contributed by atoms with Crippen molar-refractivity contribution in [3.05, 3.63) is 35.4 Å². The van der Waals surface area contributed by atoms with Crippen molar-refractivity contribution in [3.8, 4) is 0 Å². The van der Waals surface area contributed by atoms with E-state index in [1.165, 1.54) is 29.9 Å². The molecule has 0 atom stereocenters. The van der Waals surface area contributed by atoms with Gasteiger partial charge in [-0.3, -0.25) is 0 Å². The van der Waals surface area contributed by atoms with Crippen LogP contribution in [-0.2, 0) is 14.8 Å². The van der Waals surface area contributed by atoms with Crippen molar-refractivity contribution in [1.29, 1.82) is 0 Å². The lowest BCUT2D eigenvalue weighted by Gasteiger charge is -2.22. The molecule has 1 heterocycles. The molecular formula is C12H15ClO2S2. The Morgan fingerprint density at radius 2 is 2.00 bits per heavy atom. The van der Waals surface area contributed by atoms with Crippen LogP contribution in [0.15, 0.2) is 24.3 Å². The third-order valence-corrected chi connectivity index (χ3v) is 5.04. The van der Waals surface area contributed by atoms with Crippen LogP contribution < -0.4 is 0 Å². The molecule has 94 valence electrons. The van der Waals surface area contributed by atoms with Crippen molar-refractivity contribution in [1.82, 2.24) is 0 Å². The van der Waals surface area contributed by atoms with E-state index in [0.29, 0.717) is 5.92 Å². The van der Waals surface area contributed by atoms with Gasteiger partial charge in [-0.1, -0.05) is 24.3 Å². The fourth-order valence-corrected chi connectivity index (χ4v) is 4.23. The molecule has 0 radical (unpaired) electrons. The molecule has 0 aromatic heterocycles. The molecule has 1 aromatic rings. The van der Waals surface area contributed by atoms with E-state index in [1.807, 2.05) is 30.0 Å². The van der Waals surface area contributed by atoms with Gasteiger partial charge in [-0.05, 0) is 41.4 Å². The van der Waals surface area contributed by atoms with Gasteiger partial charge in [0.25, 0.3) is 0 Å². The van der Waals surface area contributed by atoms with Crippen LogP contribution in [-0.4, -0.2) is 19.9 Å². The Labute approximate surface area is 111 Å². The van der Waals surface area contributed by atoms with Crippen molar-refractivity contribution in [3.63, 3.8) is 0 Å². The van der Waals surface area contributed by atoms with Gasteiger partial charge in [-0.15, -0.1) is 0 Å². The molecular weight excluding hydrogens is 276 g/mol. The van der Waals surface area contributed by atoms with Gasteiger partial charge in [-0.25, -0.2) is 8.42 Å². The third-order valence-electron chi connectivity index (χ3n) is 2.98. The lowest BCUT2D eigenvalue weighted by Crippen LogP contribution is -2.08. The highest BCUT2D eigenvalue weighted by Crippen LogP contribution is 2.32. The zero-order chi connectivity index (χ0) is 12.3. The molecule has 0 amide bonds. The Kier molecular flexibility index (Phi) is 4.39. The number of halogens is 1. The summed E-state index contributed by atoms with van der Waals surface area (Å²) in [6.45, 7) is 0. The van der Waals surface area contributed by atoms with E-state index in [4.69, 9.17) is 10.7 Å². The van der Waals surface area contributed by atoms with Crippen LogP contribution in [0.5, 0.6) is 0 Å². The summed E-state index contributed by atoms with van der Waals surface area (Å²) in [5, 5.41) is 0. The van der Waals surface area contributed by atoms with E-state index >= 15 is 0 Å². The minimum Gasteiger partial charge on any atom is -0.212 e. The molecule has 1 saturated heterocycles. The summed E-state index contributed by atoms with van der Waals surface area (Å²) in [7, 11) is 1.82. The normalized spacial score (nSPS) is 18.2. The highest BCUT2D eigenvalue weighted by molar-refractivity contribution is 8.13. The van der Waals surface area contributed by atoms with E-state index in [2.05, 4.69) is 6.07 Å². The summed E-state index contributed by atoms with van der Waals surface area (Å²) in [6, 6.07) is 7.82. The Hall–Kier alpha value is -0.190. The largest absolute Gasteiger partial charge is 0.236 e. The van der Waals surface area contributed by atoms with Gasteiger partial charge in [0.15, 0.2) is 0 Å². The van der Waals surface area contributed by atoms with Crippen LogP contribution in [0.25, 0.3) is 0 Å². The smallest absolute Gasteiger partial charge is 0.212 e. The number of rotatable bonds is 3. The van der Waals surface area contributed by atoms with Crippen LogP contribution in [0.3, 0.4) is 0 Å². The van der Waals surface area contributed by atoms with Gasteiger partial charge in [0.05, 0.1) is 5.75 Å². The van der Waals surface area contributed by atoms with E-state index in [0.717, 1.165) is 5.56 Å². The second-order valence-electron chi connectivity index (χ2n) is 4.31. The van der Waals surface area contributed by atoms with Crippen LogP contribution in [0.1, 0.15) is 29.9 Å². The molecule has 1 fully saturated rings. The number of hydrogen-bond acceptors (Lipinski definition) is 3. The quantitative estimate of drug-likeness (QED) is 0.801. The lowest BCUT2D eigenvalue weighted by atomic mass is 9.92. The molecule has 0 unspecified atom stereocenters. The van der Waals surface area contributed by atoms with Gasteiger partial charge in [-0.2, -0.15) is 11.8 Å². The van der Waals surface area contributed by atoms with E-state index in [1.54, 1.807) is 0 Å². The molecule has 1 aliphatic heterocycles. The monoisotopic (exact) mass is 290 g/mol. The number of hydrogen-bond donors (Lipinski definition) is 0. The predicted octanol–water partition coefficient (Wildman–Crippen LogP) is 3.37. The molecule has 0 aliphatic carbocycles. The van der Waals surface area contributed by atoms with Crippen molar-refractivity contribution < 1.29 is 8.42 Å². The maximum Gasteiger partial charge on any atom is 0.236 e. The van der Waals surface area contributed by atoms with Crippen LogP contribution in [0, 0.1) is 0 Å². The average molecular weight is 291 g/mol. The fraction of sp³-hybridized carbons (Fsp3) is 0.500. The van der Waals surface area contributed by atoms with Crippen LogP contribution in [0.2, 0.25) is 0 Å². The standard InChI is InChI=1S/C12H15ClO2S2/c13-17(14,15)9-10-2-1-3-12(8-10)11-4-6-16-7-5-11/h1-3,8,11H,4-7,9H2. The second-order valence-corrected chi connectivity index (χ2v) is 8.32. The summed E-state index contributed by atoms with van der Waals surface area (Å²) >= 11 is 1.99. The summed E-state index contributed by atoms with van der Waals surface area (Å²) in [4.78, 5) is 0. The molecule has 1 aromatic carbocycles. The van der Waals surface area contributed by atoms with Gasteiger partial charge in [0.2, 0.25) is 9.05 Å². The molecule has 0 saturated carbocycles. The van der Waals surface area contributed by atoms with E-state index < -0.39 is 9.05 Å². The van der Waals surface area contributed by atoms with Gasteiger partial charge in [0.1, 0.15) is 0 Å². The van der Waals surface area contributed by atoms with Crippen molar-refractivity contribution in [2.24, 2.45) is 0 Å². The van der Waals surface area contributed by atoms with Crippen molar-refractivity contribution in [2.45, 2.75) is 24.5 Å². The molecule has 17 heavy (non-hydrogen) atoms. The Bertz CT molecular complexity index is 479. The zero-order valence-electron chi connectivity index (χ0n) is 9.43. The molecule has 5 heteroatoms. The zero-order valence-corrected chi connectivity index (χ0v) is 11.8. The first-order valence-corrected chi connectivity index (χ1v) is 9.27. The van der Waals surface area contributed by atoms with E-state index in [9.17, 15) is 8.42 Å². The summed E-state index contributed by atoms with van der Waals surface area (Å²) in [5.74, 6) is 2.89. The Balaban J connectivity index is 2.16. The molecule has 2 nitrogen and oxygen atoms in total. The predicted molar refractivity (Wildman–Crippen MR) is 74.2 cm³/mol. The molecule has 0 spiro atoms. The summed E-state index contributed by atoms with van der Waals surface area (Å²) < 4.78 is 22.1. The highest BCUT2D eigenvalue weighted by Gasteiger charge is 2.16. The van der Waals surface area contributed by atoms with E-state index in [-0.39, 0.29) is 5.75 Å². The fourth-order valence-electron chi connectivity index (χ4n) is 2.17. The SMILES string of the molecule is O=S(=O)(Cl)Cc1cccc(C2CCSCC2)c1. The number of thioether (sulfide) groups is 1. The molecule has 2 rings (SSSR count). The second kappa shape index (κ2) is 5.63. The highest BCUT2D eigenvalue weighted by atomic mass is 35.7. The molecule has 1 aliphatic rings. The van der Waals surface area contributed by atoms with Gasteiger partial charge < -0.3 is 0 Å². The first-order chi connectivity index (χ1) is 8.04. The molecule has 0 N–H and O–H groups in total. The number of benzene rings is 1. The minimum absolute atomic E-state index is 0.0795. The average Bonchev–Trinajstić information content (AvgIpc) is 2.28. The summed E-state index contributed by atoms with van der Waals surface area (Å²) in [5.41, 5.74) is 2.04. The van der Waals surface area contributed by atoms with Crippen LogP contribution in [0.4, 0.5) is 0 Å². The third kappa shape index (κ3) is 4.19. The van der Waals surface area contributed by atoms with Crippen molar-refractivity contribution >= 4 is 31.5 Å². The first kappa shape index (κ1) is 13.2. The van der Waals surface area contributed by atoms with Crippen molar-refractivity contribution in [2.75, 3.05) is 11.5 Å². The Morgan fingerprint density at radius 3 is 2.65 bits per heavy atom. The summed E-state index contributed by atoms with van der Waals surface area (Å²) in [6.07, 6.45) is 2.36.